The number of aromatic hydroxyl groups is 1. The van der Waals surface area contributed by atoms with Crippen LogP contribution < -0.4 is 4.74 Å². The second-order valence-corrected chi connectivity index (χ2v) is 3.21. The van der Waals surface area contributed by atoms with E-state index in [2.05, 4.69) is 0 Å². The monoisotopic (exact) mass is 195 g/mol. The summed E-state index contributed by atoms with van der Waals surface area (Å²) in [7, 11) is 1.50. The molecule has 1 aromatic rings. The van der Waals surface area contributed by atoms with Crippen LogP contribution in [-0.2, 0) is 11.2 Å². The molecule has 0 heterocycles. The number of carbonyl (C=O) groups excluding carboxylic acids is 1. The fourth-order valence-electron chi connectivity index (χ4n) is 1.20. The summed E-state index contributed by atoms with van der Waals surface area (Å²) in [5, 5.41) is 9.32. The maximum absolute atomic E-state index is 10.8. The Hall–Kier alpha value is -1.51. The lowest BCUT2D eigenvalue weighted by Crippen LogP contribution is -1.94. The Morgan fingerprint density at radius 3 is 2.79 bits per heavy atom. The number of rotatable bonds is 4. The van der Waals surface area contributed by atoms with Crippen molar-refractivity contribution in [1.29, 1.82) is 0 Å². The zero-order valence-corrected chi connectivity index (χ0v) is 8.41. The van der Waals surface area contributed by atoms with Gasteiger partial charge >= 0.3 is 0 Å². The van der Waals surface area contributed by atoms with Gasteiger partial charge in [0, 0.05) is 6.42 Å². The van der Waals surface area contributed by atoms with Crippen molar-refractivity contribution in [3.63, 3.8) is 0 Å². The maximum Gasteiger partial charge on any atom is 0.160 e. The first-order chi connectivity index (χ1) is 6.63. The predicted molar refractivity (Wildman–Crippen MR) is 53.7 cm³/mol. The second-order valence-electron chi connectivity index (χ2n) is 3.21. The molecule has 0 atom stereocenters. The number of Topliss-reactive ketones (excluding diaryl/α,β-unsaturated/α-hetero) is 1. The topological polar surface area (TPSA) is 46.5 Å². The van der Waals surface area contributed by atoms with Gasteiger partial charge in [-0.3, -0.25) is 0 Å². The molecular formula is C11H14O3. The highest BCUT2D eigenvalue weighted by atomic mass is 16.5. The maximum atomic E-state index is 10.8. The van der Waals surface area contributed by atoms with Crippen molar-refractivity contribution < 1.29 is 14.6 Å². The lowest BCUT2D eigenvalue weighted by molar-refractivity contribution is -0.116. The third-order valence-corrected chi connectivity index (χ3v) is 2.01. The third-order valence-electron chi connectivity index (χ3n) is 2.01. The highest BCUT2D eigenvalue weighted by Crippen LogP contribution is 2.26. The summed E-state index contributed by atoms with van der Waals surface area (Å²) in [4.78, 5) is 10.8. The van der Waals surface area contributed by atoms with Gasteiger partial charge in [0.15, 0.2) is 11.5 Å². The van der Waals surface area contributed by atoms with Crippen LogP contribution in [0.3, 0.4) is 0 Å². The van der Waals surface area contributed by atoms with Crippen LogP contribution >= 0.6 is 0 Å². The number of carbonyl (C=O) groups is 1. The van der Waals surface area contributed by atoms with Gasteiger partial charge in [-0.2, -0.15) is 0 Å². The molecule has 0 spiro atoms. The molecule has 1 N–H and O–H groups in total. The largest absolute Gasteiger partial charge is 0.504 e. The van der Waals surface area contributed by atoms with E-state index in [9.17, 15) is 9.90 Å². The quantitative estimate of drug-likeness (QED) is 0.746. The molecule has 0 saturated heterocycles. The van der Waals surface area contributed by atoms with Crippen LogP contribution in [0.15, 0.2) is 18.2 Å². The molecule has 76 valence electrons. The Morgan fingerprint density at radius 2 is 2.21 bits per heavy atom. The molecule has 1 rings (SSSR count). The fourth-order valence-corrected chi connectivity index (χ4v) is 1.20. The second kappa shape index (κ2) is 4.65. The molecular weight excluding hydrogens is 181 g/mol. The van der Waals surface area contributed by atoms with Crippen molar-refractivity contribution in [3.8, 4) is 11.5 Å². The average Bonchev–Trinajstić information content (AvgIpc) is 2.16. The summed E-state index contributed by atoms with van der Waals surface area (Å²) in [6.45, 7) is 1.57. The number of ketones is 1. The average molecular weight is 195 g/mol. The molecule has 0 unspecified atom stereocenters. The first-order valence-corrected chi connectivity index (χ1v) is 4.49. The number of methoxy groups -OCH3 is 1. The van der Waals surface area contributed by atoms with Crippen molar-refractivity contribution in [2.75, 3.05) is 7.11 Å². The van der Waals surface area contributed by atoms with Crippen molar-refractivity contribution in [2.24, 2.45) is 0 Å². The summed E-state index contributed by atoms with van der Waals surface area (Å²) < 4.78 is 4.96. The number of hydrogen-bond acceptors (Lipinski definition) is 3. The van der Waals surface area contributed by atoms with Crippen molar-refractivity contribution >= 4 is 5.78 Å². The minimum absolute atomic E-state index is 0.124. The Kier molecular flexibility index (Phi) is 3.51. The standard InChI is InChI=1S/C11H14O3/c1-8(12)3-4-9-5-6-10(13)11(7-9)14-2/h5-7,13H,3-4H2,1-2H3/i8+1. The van der Waals surface area contributed by atoms with Crippen molar-refractivity contribution in [3.05, 3.63) is 23.8 Å². The number of aryl methyl sites for hydroxylation is 1. The summed E-state index contributed by atoms with van der Waals surface area (Å²) in [5.74, 6) is 0.738. The molecule has 0 aliphatic heterocycles. The minimum atomic E-state index is 0.124. The Balaban J connectivity index is 2.74. The zero-order chi connectivity index (χ0) is 10.6. The summed E-state index contributed by atoms with van der Waals surface area (Å²) >= 11 is 0. The molecule has 0 aliphatic carbocycles. The van der Waals surface area contributed by atoms with E-state index < -0.39 is 0 Å². The Morgan fingerprint density at radius 1 is 1.50 bits per heavy atom. The molecule has 0 saturated carbocycles. The molecule has 0 aromatic heterocycles. The van der Waals surface area contributed by atoms with Crippen molar-refractivity contribution in [1.82, 2.24) is 0 Å². The van der Waals surface area contributed by atoms with Crippen LogP contribution in [-0.4, -0.2) is 18.0 Å². The van der Waals surface area contributed by atoms with E-state index in [4.69, 9.17) is 4.74 Å². The molecule has 0 radical (unpaired) electrons. The number of ether oxygens (including phenoxy) is 1. The molecule has 0 bridgehead atoms. The zero-order valence-electron chi connectivity index (χ0n) is 8.41. The predicted octanol–water partition coefficient (Wildman–Crippen LogP) is 1.92. The molecule has 3 heteroatoms. The normalized spacial score (nSPS) is 9.86. The molecule has 3 nitrogen and oxygen atoms in total. The van der Waals surface area contributed by atoms with Gasteiger partial charge in [0.2, 0.25) is 0 Å². The van der Waals surface area contributed by atoms with E-state index >= 15 is 0 Å². The van der Waals surface area contributed by atoms with Gasteiger partial charge in [-0.25, -0.2) is 0 Å². The molecule has 1 aromatic carbocycles. The van der Waals surface area contributed by atoms with Crippen LogP contribution in [0, 0.1) is 0 Å². The van der Waals surface area contributed by atoms with Crippen LogP contribution in [0.1, 0.15) is 18.9 Å². The molecule has 14 heavy (non-hydrogen) atoms. The van der Waals surface area contributed by atoms with E-state index in [1.54, 1.807) is 25.1 Å². The SMILES string of the molecule is COc1cc(CC[13C](C)=O)ccc1O. The van der Waals surface area contributed by atoms with Crippen LogP contribution in [0.5, 0.6) is 11.5 Å². The van der Waals surface area contributed by atoms with E-state index in [0.717, 1.165) is 5.56 Å². The number of phenolic OH excluding ortho intramolecular Hbond substituents is 1. The first-order valence-electron chi connectivity index (χ1n) is 4.49. The van der Waals surface area contributed by atoms with E-state index in [1.807, 2.05) is 0 Å². The van der Waals surface area contributed by atoms with Crippen LogP contribution in [0.2, 0.25) is 0 Å². The fraction of sp³-hybridized carbons (Fsp3) is 0.364. The van der Waals surface area contributed by atoms with E-state index in [-0.39, 0.29) is 11.5 Å². The van der Waals surface area contributed by atoms with E-state index in [0.29, 0.717) is 18.6 Å². The lowest BCUT2D eigenvalue weighted by atomic mass is 10.1. The Bertz CT molecular complexity index is 331. The summed E-state index contributed by atoms with van der Waals surface area (Å²) in [5.41, 5.74) is 0.995. The summed E-state index contributed by atoms with van der Waals surface area (Å²) in [6, 6.07) is 5.12. The number of benzene rings is 1. The van der Waals surface area contributed by atoms with Crippen LogP contribution in [0.4, 0.5) is 0 Å². The van der Waals surface area contributed by atoms with Gasteiger partial charge in [-0.15, -0.1) is 0 Å². The third kappa shape index (κ3) is 2.76. The van der Waals surface area contributed by atoms with Gasteiger partial charge in [0.25, 0.3) is 0 Å². The molecule has 0 fully saturated rings. The first kappa shape index (κ1) is 10.6. The Labute approximate surface area is 83.3 Å². The van der Waals surface area contributed by atoms with Gasteiger partial charge in [-0.05, 0) is 31.0 Å². The number of phenols is 1. The van der Waals surface area contributed by atoms with Gasteiger partial charge in [0.05, 0.1) is 7.11 Å². The molecule has 0 aliphatic rings. The van der Waals surface area contributed by atoms with Gasteiger partial charge in [0.1, 0.15) is 5.78 Å². The van der Waals surface area contributed by atoms with E-state index in [1.165, 1.54) is 7.11 Å². The van der Waals surface area contributed by atoms with Gasteiger partial charge in [-0.1, -0.05) is 6.07 Å². The van der Waals surface area contributed by atoms with Gasteiger partial charge < -0.3 is 14.6 Å². The summed E-state index contributed by atoms with van der Waals surface area (Å²) in [6.07, 6.45) is 1.21. The van der Waals surface area contributed by atoms with Crippen molar-refractivity contribution in [2.45, 2.75) is 19.8 Å². The minimum Gasteiger partial charge on any atom is -0.504 e. The van der Waals surface area contributed by atoms with Crippen LogP contribution in [0.25, 0.3) is 0 Å². The highest BCUT2D eigenvalue weighted by Gasteiger charge is 2.03. The highest BCUT2D eigenvalue weighted by molar-refractivity contribution is 5.75. The smallest absolute Gasteiger partial charge is 0.160 e. The number of hydrogen-bond donors (Lipinski definition) is 1. The lowest BCUT2D eigenvalue weighted by Gasteiger charge is -2.05. The molecule has 0 amide bonds.